The monoisotopic (exact) mass is 278 g/mol. The van der Waals surface area contributed by atoms with Crippen molar-refractivity contribution >= 4 is 5.91 Å². The minimum Gasteiger partial charge on any atom is -0.497 e. The number of benzene rings is 1. The number of methoxy groups -OCH3 is 1. The molecule has 0 aliphatic rings. The molecule has 0 aliphatic heterocycles. The van der Waals surface area contributed by atoms with E-state index in [1.54, 1.807) is 7.11 Å². The first-order chi connectivity index (χ1) is 9.46. The Balaban J connectivity index is 2.32. The Morgan fingerprint density at radius 2 is 1.95 bits per heavy atom. The van der Waals surface area contributed by atoms with Crippen LogP contribution in [0.15, 0.2) is 24.3 Å². The van der Waals surface area contributed by atoms with Crippen molar-refractivity contribution in [3.8, 4) is 5.75 Å². The molecule has 0 aromatic heterocycles. The van der Waals surface area contributed by atoms with Crippen LogP contribution in [-0.2, 0) is 11.2 Å². The lowest BCUT2D eigenvalue weighted by Gasteiger charge is -2.24. The molecule has 0 bridgehead atoms. The van der Waals surface area contributed by atoms with Gasteiger partial charge in [0.2, 0.25) is 5.91 Å². The summed E-state index contributed by atoms with van der Waals surface area (Å²) in [6, 6.07) is 7.81. The first kappa shape index (κ1) is 16.5. The second-order valence-corrected chi connectivity index (χ2v) is 5.83. The topological polar surface area (TPSA) is 64.3 Å². The summed E-state index contributed by atoms with van der Waals surface area (Å²) in [5.41, 5.74) is 6.76. The number of amides is 1. The first-order valence-corrected chi connectivity index (χ1v) is 7.06. The van der Waals surface area contributed by atoms with Crippen LogP contribution in [-0.4, -0.2) is 26.1 Å². The summed E-state index contributed by atoms with van der Waals surface area (Å²) in [6.45, 7) is 5.55. The van der Waals surface area contributed by atoms with Crippen molar-refractivity contribution in [1.29, 1.82) is 0 Å². The Morgan fingerprint density at radius 1 is 1.30 bits per heavy atom. The van der Waals surface area contributed by atoms with Crippen molar-refractivity contribution in [2.24, 2.45) is 11.1 Å². The SMILES string of the molecule is COc1ccc(CCC(=O)NCC(C)(C)CCN)cc1. The van der Waals surface area contributed by atoms with E-state index in [-0.39, 0.29) is 11.3 Å². The van der Waals surface area contributed by atoms with Crippen molar-refractivity contribution in [3.63, 3.8) is 0 Å². The Kier molecular flexibility index (Phi) is 6.52. The molecule has 0 spiro atoms. The van der Waals surface area contributed by atoms with Gasteiger partial charge >= 0.3 is 0 Å². The number of carbonyl (C=O) groups is 1. The number of hydrogen-bond donors (Lipinski definition) is 2. The zero-order chi connectivity index (χ0) is 15.0. The summed E-state index contributed by atoms with van der Waals surface area (Å²) >= 11 is 0. The minimum absolute atomic E-state index is 0.0600. The minimum atomic E-state index is 0.0600. The zero-order valence-corrected chi connectivity index (χ0v) is 12.7. The highest BCUT2D eigenvalue weighted by atomic mass is 16.5. The van der Waals surface area contributed by atoms with E-state index in [0.717, 1.165) is 24.2 Å². The predicted molar refractivity (Wildman–Crippen MR) is 81.8 cm³/mol. The summed E-state index contributed by atoms with van der Waals surface area (Å²) in [7, 11) is 1.64. The summed E-state index contributed by atoms with van der Waals surface area (Å²) < 4.78 is 5.10. The van der Waals surface area contributed by atoms with E-state index in [1.165, 1.54) is 0 Å². The van der Waals surface area contributed by atoms with Crippen LogP contribution < -0.4 is 15.8 Å². The van der Waals surface area contributed by atoms with Crippen LogP contribution in [0, 0.1) is 5.41 Å². The fraction of sp³-hybridized carbons (Fsp3) is 0.562. The Hall–Kier alpha value is -1.55. The van der Waals surface area contributed by atoms with Crippen LogP contribution in [0.3, 0.4) is 0 Å². The number of ether oxygens (including phenoxy) is 1. The highest BCUT2D eigenvalue weighted by Gasteiger charge is 2.17. The average molecular weight is 278 g/mol. The molecule has 0 heterocycles. The smallest absolute Gasteiger partial charge is 0.220 e. The number of nitrogens with one attached hydrogen (secondary N) is 1. The Bertz CT molecular complexity index is 413. The highest BCUT2D eigenvalue weighted by Crippen LogP contribution is 2.17. The lowest BCUT2D eigenvalue weighted by molar-refractivity contribution is -0.121. The molecule has 1 aromatic carbocycles. The van der Waals surface area contributed by atoms with E-state index in [2.05, 4.69) is 19.2 Å². The third-order valence-corrected chi connectivity index (χ3v) is 3.39. The summed E-state index contributed by atoms with van der Waals surface area (Å²) in [5.74, 6) is 0.924. The number of rotatable bonds is 8. The molecule has 4 heteroatoms. The molecular weight excluding hydrogens is 252 g/mol. The van der Waals surface area contributed by atoms with Gasteiger partial charge in [-0.1, -0.05) is 26.0 Å². The molecule has 0 fully saturated rings. The van der Waals surface area contributed by atoms with Crippen molar-refractivity contribution in [2.45, 2.75) is 33.1 Å². The molecular formula is C16H26N2O2. The second-order valence-electron chi connectivity index (χ2n) is 5.83. The van der Waals surface area contributed by atoms with E-state index in [9.17, 15) is 4.79 Å². The molecule has 4 nitrogen and oxygen atoms in total. The van der Waals surface area contributed by atoms with Gasteiger partial charge in [-0.3, -0.25) is 4.79 Å². The van der Waals surface area contributed by atoms with Crippen molar-refractivity contribution in [3.05, 3.63) is 29.8 Å². The van der Waals surface area contributed by atoms with Crippen LogP contribution in [0.4, 0.5) is 0 Å². The molecule has 3 N–H and O–H groups in total. The molecule has 0 radical (unpaired) electrons. The second kappa shape index (κ2) is 7.90. The number of aryl methyl sites for hydroxylation is 1. The van der Waals surface area contributed by atoms with Crippen LogP contribution in [0.1, 0.15) is 32.3 Å². The van der Waals surface area contributed by atoms with Gasteiger partial charge in [-0.15, -0.1) is 0 Å². The number of hydrogen-bond acceptors (Lipinski definition) is 3. The fourth-order valence-corrected chi connectivity index (χ4v) is 1.96. The molecule has 20 heavy (non-hydrogen) atoms. The fourth-order valence-electron chi connectivity index (χ4n) is 1.96. The maximum absolute atomic E-state index is 11.8. The third-order valence-electron chi connectivity index (χ3n) is 3.39. The maximum atomic E-state index is 11.8. The van der Waals surface area contributed by atoms with E-state index >= 15 is 0 Å². The first-order valence-electron chi connectivity index (χ1n) is 7.06. The van der Waals surface area contributed by atoms with Gasteiger partial charge < -0.3 is 15.8 Å². The third kappa shape index (κ3) is 6.06. The van der Waals surface area contributed by atoms with Gasteiger partial charge in [0.15, 0.2) is 0 Å². The molecule has 1 rings (SSSR count). The van der Waals surface area contributed by atoms with Crippen molar-refractivity contribution in [2.75, 3.05) is 20.2 Å². The number of carbonyl (C=O) groups excluding carboxylic acids is 1. The van der Waals surface area contributed by atoms with Crippen molar-refractivity contribution in [1.82, 2.24) is 5.32 Å². The maximum Gasteiger partial charge on any atom is 0.220 e. The van der Waals surface area contributed by atoms with Gasteiger partial charge in [-0.25, -0.2) is 0 Å². The predicted octanol–water partition coefficient (Wildman–Crippen LogP) is 2.12. The van der Waals surface area contributed by atoms with Crippen LogP contribution in [0.25, 0.3) is 0 Å². The van der Waals surface area contributed by atoms with Crippen LogP contribution in [0.2, 0.25) is 0 Å². The lowest BCUT2D eigenvalue weighted by atomic mass is 9.89. The standard InChI is InChI=1S/C16H26N2O2/c1-16(2,10-11-17)12-18-15(19)9-6-13-4-7-14(20-3)8-5-13/h4-5,7-8H,6,9-12,17H2,1-3H3,(H,18,19). The van der Waals surface area contributed by atoms with E-state index in [4.69, 9.17) is 10.5 Å². The van der Waals surface area contributed by atoms with Gasteiger partial charge in [0.25, 0.3) is 0 Å². The molecule has 0 atom stereocenters. The molecule has 0 unspecified atom stereocenters. The van der Waals surface area contributed by atoms with Crippen molar-refractivity contribution < 1.29 is 9.53 Å². The van der Waals surface area contributed by atoms with E-state index in [1.807, 2.05) is 24.3 Å². The average Bonchev–Trinajstić information content (AvgIpc) is 2.43. The van der Waals surface area contributed by atoms with Crippen LogP contribution in [0.5, 0.6) is 5.75 Å². The number of nitrogens with two attached hydrogens (primary N) is 1. The zero-order valence-electron chi connectivity index (χ0n) is 12.7. The van der Waals surface area contributed by atoms with Gasteiger partial charge in [0.1, 0.15) is 5.75 Å². The Morgan fingerprint density at radius 3 is 2.50 bits per heavy atom. The quantitative estimate of drug-likeness (QED) is 0.765. The molecule has 0 saturated heterocycles. The highest BCUT2D eigenvalue weighted by molar-refractivity contribution is 5.76. The van der Waals surface area contributed by atoms with Gasteiger partial charge in [0.05, 0.1) is 7.11 Å². The van der Waals surface area contributed by atoms with E-state index < -0.39 is 0 Å². The largest absolute Gasteiger partial charge is 0.497 e. The van der Waals surface area contributed by atoms with Gasteiger partial charge in [0, 0.05) is 13.0 Å². The van der Waals surface area contributed by atoms with Crippen LogP contribution >= 0.6 is 0 Å². The Labute approximate surface area is 121 Å². The van der Waals surface area contributed by atoms with Gasteiger partial charge in [-0.05, 0) is 42.5 Å². The normalized spacial score (nSPS) is 11.2. The lowest BCUT2D eigenvalue weighted by Crippen LogP contribution is -2.35. The summed E-state index contributed by atoms with van der Waals surface area (Å²) in [5, 5.41) is 2.98. The molecule has 1 aromatic rings. The van der Waals surface area contributed by atoms with E-state index in [0.29, 0.717) is 19.5 Å². The van der Waals surface area contributed by atoms with Gasteiger partial charge in [-0.2, -0.15) is 0 Å². The summed E-state index contributed by atoms with van der Waals surface area (Å²) in [6.07, 6.45) is 2.16. The molecule has 0 saturated carbocycles. The summed E-state index contributed by atoms with van der Waals surface area (Å²) in [4.78, 5) is 11.8. The molecule has 1 amide bonds. The molecule has 112 valence electrons. The molecule has 0 aliphatic carbocycles.